The summed E-state index contributed by atoms with van der Waals surface area (Å²) < 4.78 is 0.332. The van der Waals surface area contributed by atoms with Crippen molar-refractivity contribution in [2.24, 2.45) is 10.1 Å². The number of carboxylic acids is 1. The van der Waals surface area contributed by atoms with Crippen molar-refractivity contribution >= 4 is 40.5 Å². The number of aliphatic carboxylic acids is 1. The van der Waals surface area contributed by atoms with Gasteiger partial charge in [-0.2, -0.15) is 9.72 Å². The molecule has 1 heterocycles. The Morgan fingerprint density at radius 1 is 1.53 bits per heavy atom. The number of thiazole rings is 1. The molecular formula is C7H6ClN3O5S. The number of aromatic nitrogens is 1. The standard InChI is InChI=1S/C7H6ClN3O5S/c8-1-4(12)9-7-11(16)3(2-17-7)5(10-15)6(13)14/h2,15-16H,1H2,(H,13,14)/b9-7?,10-5-. The van der Waals surface area contributed by atoms with Crippen LogP contribution >= 0.6 is 22.9 Å². The quantitative estimate of drug-likeness (QED) is 0.231. The van der Waals surface area contributed by atoms with Crippen LogP contribution < -0.4 is 4.80 Å². The lowest BCUT2D eigenvalue weighted by molar-refractivity contribution is -0.129. The highest BCUT2D eigenvalue weighted by atomic mass is 35.5. The highest BCUT2D eigenvalue weighted by Crippen LogP contribution is 2.02. The minimum atomic E-state index is -1.54. The average molecular weight is 280 g/mol. The predicted octanol–water partition coefficient (Wildman–Crippen LogP) is -0.284. The number of halogens is 1. The van der Waals surface area contributed by atoms with Crippen LogP contribution in [0.5, 0.6) is 0 Å². The summed E-state index contributed by atoms with van der Waals surface area (Å²) >= 11 is 6.01. The third-order valence-electron chi connectivity index (χ3n) is 1.57. The first-order chi connectivity index (χ1) is 8.01. The maximum absolute atomic E-state index is 10.9. The molecule has 10 heteroatoms. The predicted molar refractivity (Wildman–Crippen MR) is 56.7 cm³/mol. The van der Waals surface area contributed by atoms with Crippen molar-refractivity contribution in [3.63, 3.8) is 0 Å². The van der Waals surface area contributed by atoms with E-state index in [1.165, 1.54) is 5.38 Å². The molecule has 1 rings (SSSR count). The zero-order valence-corrected chi connectivity index (χ0v) is 9.64. The van der Waals surface area contributed by atoms with Crippen LogP contribution in [-0.2, 0) is 9.59 Å². The van der Waals surface area contributed by atoms with Crippen LogP contribution in [0.3, 0.4) is 0 Å². The number of rotatable bonds is 3. The lowest BCUT2D eigenvalue weighted by Gasteiger charge is -1.98. The fourth-order valence-corrected chi connectivity index (χ4v) is 1.72. The Balaban J connectivity index is 3.29. The van der Waals surface area contributed by atoms with Crippen LogP contribution in [0.1, 0.15) is 5.69 Å². The molecule has 0 saturated heterocycles. The summed E-state index contributed by atoms with van der Waals surface area (Å²) in [4.78, 5) is 24.8. The molecule has 0 radical (unpaired) electrons. The molecular weight excluding hydrogens is 274 g/mol. The van der Waals surface area contributed by atoms with Gasteiger partial charge in [-0.25, -0.2) is 4.79 Å². The number of amides is 1. The molecule has 0 aromatic carbocycles. The van der Waals surface area contributed by atoms with Crippen molar-refractivity contribution in [3.05, 3.63) is 15.9 Å². The third-order valence-corrected chi connectivity index (χ3v) is 2.61. The Labute approximate surface area is 103 Å². The Morgan fingerprint density at radius 3 is 2.65 bits per heavy atom. The lowest BCUT2D eigenvalue weighted by Crippen LogP contribution is -2.23. The van der Waals surface area contributed by atoms with Crippen LogP contribution in [0.15, 0.2) is 15.5 Å². The van der Waals surface area contributed by atoms with Crippen LogP contribution in [0, 0.1) is 0 Å². The average Bonchev–Trinajstić information content (AvgIpc) is 2.62. The van der Waals surface area contributed by atoms with Gasteiger partial charge < -0.3 is 15.5 Å². The van der Waals surface area contributed by atoms with Crippen molar-refractivity contribution < 1.29 is 25.1 Å². The number of oxime groups is 1. The SMILES string of the molecule is O=C(CCl)N=c1scc(/C(=N/O)C(=O)O)n1O. The smallest absolute Gasteiger partial charge is 0.360 e. The Kier molecular flexibility index (Phi) is 4.24. The summed E-state index contributed by atoms with van der Waals surface area (Å²) in [5.41, 5.74) is -1.07. The molecule has 0 unspecified atom stereocenters. The van der Waals surface area contributed by atoms with E-state index in [2.05, 4.69) is 10.1 Å². The zero-order valence-electron chi connectivity index (χ0n) is 8.07. The van der Waals surface area contributed by atoms with E-state index >= 15 is 0 Å². The Hall–Kier alpha value is -1.87. The maximum atomic E-state index is 10.9. The molecule has 0 aliphatic rings. The van der Waals surface area contributed by atoms with Gasteiger partial charge in [-0.15, -0.1) is 22.9 Å². The minimum absolute atomic E-state index is 0.173. The van der Waals surface area contributed by atoms with E-state index in [4.69, 9.17) is 21.9 Å². The molecule has 0 fully saturated rings. The summed E-state index contributed by atoms with van der Waals surface area (Å²) in [6, 6.07) is 0. The highest BCUT2D eigenvalue weighted by Gasteiger charge is 2.19. The number of hydrogen-bond acceptors (Lipinski definition) is 6. The second kappa shape index (κ2) is 5.46. The molecule has 0 spiro atoms. The third kappa shape index (κ3) is 2.82. The monoisotopic (exact) mass is 279 g/mol. The molecule has 92 valence electrons. The fraction of sp³-hybridized carbons (Fsp3) is 0.143. The van der Waals surface area contributed by atoms with Gasteiger partial charge in [-0.05, 0) is 0 Å². The second-order valence-corrected chi connectivity index (χ2v) is 3.71. The van der Waals surface area contributed by atoms with E-state index in [0.29, 0.717) is 4.73 Å². The van der Waals surface area contributed by atoms with Gasteiger partial charge in [0.25, 0.3) is 5.91 Å². The van der Waals surface area contributed by atoms with Crippen molar-refractivity contribution in [2.45, 2.75) is 0 Å². The van der Waals surface area contributed by atoms with Crippen molar-refractivity contribution in [1.29, 1.82) is 0 Å². The molecule has 1 amide bonds. The normalized spacial score (nSPS) is 12.8. The first-order valence-corrected chi connectivity index (χ1v) is 5.41. The van der Waals surface area contributed by atoms with Gasteiger partial charge in [-0.1, -0.05) is 5.16 Å². The first-order valence-electron chi connectivity index (χ1n) is 4.00. The van der Waals surface area contributed by atoms with E-state index < -0.39 is 17.6 Å². The molecule has 0 bridgehead atoms. The van der Waals surface area contributed by atoms with Crippen LogP contribution in [0.2, 0.25) is 0 Å². The molecule has 3 N–H and O–H groups in total. The molecule has 0 saturated carbocycles. The van der Waals surface area contributed by atoms with Crippen molar-refractivity contribution in [3.8, 4) is 0 Å². The number of nitrogens with zero attached hydrogens (tertiary/aromatic N) is 3. The Morgan fingerprint density at radius 2 is 2.18 bits per heavy atom. The van der Waals surface area contributed by atoms with Crippen LogP contribution in [0.4, 0.5) is 0 Å². The largest absolute Gasteiger partial charge is 0.476 e. The molecule has 1 aromatic heterocycles. The lowest BCUT2D eigenvalue weighted by atomic mass is 10.3. The van der Waals surface area contributed by atoms with E-state index in [1.54, 1.807) is 0 Å². The number of carbonyl (C=O) groups excluding carboxylic acids is 1. The Bertz CT molecular complexity index is 546. The number of carboxylic acid groups (broad SMARTS) is 1. The van der Waals surface area contributed by atoms with E-state index in [0.717, 1.165) is 11.3 Å². The van der Waals surface area contributed by atoms with Gasteiger partial charge in [0.15, 0.2) is 0 Å². The zero-order chi connectivity index (χ0) is 13.0. The molecule has 8 nitrogen and oxygen atoms in total. The topological polar surface area (TPSA) is 124 Å². The fourth-order valence-electron chi connectivity index (χ4n) is 0.881. The van der Waals surface area contributed by atoms with Gasteiger partial charge in [0, 0.05) is 5.38 Å². The van der Waals surface area contributed by atoms with E-state index in [1.807, 2.05) is 0 Å². The van der Waals surface area contributed by atoms with Gasteiger partial charge >= 0.3 is 5.97 Å². The van der Waals surface area contributed by atoms with Crippen molar-refractivity contribution in [2.75, 3.05) is 5.88 Å². The second-order valence-electron chi connectivity index (χ2n) is 2.61. The van der Waals surface area contributed by atoms with E-state index in [-0.39, 0.29) is 16.4 Å². The van der Waals surface area contributed by atoms with Gasteiger partial charge in [0.05, 0.1) is 0 Å². The molecule has 0 atom stereocenters. The highest BCUT2D eigenvalue weighted by molar-refractivity contribution is 7.07. The number of carbonyl (C=O) groups is 2. The number of alkyl halides is 1. The van der Waals surface area contributed by atoms with Gasteiger partial charge in [-0.3, -0.25) is 4.79 Å². The van der Waals surface area contributed by atoms with Gasteiger partial charge in [0.1, 0.15) is 11.6 Å². The van der Waals surface area contributed by atoms with Crippen LogP contribution in [0.25, 0.3) is 0 Å². The maximum Gasteiger partial charge on any atom is 0.360 e. The summed E-state index contributed by atoms with van der Waals surface area (Å²) in [5, 5.41) is 30.3. The summed E-state index contributed by atoms with van der Waals surface area (Å²) in [5.74, 6) is -2.60. The van der Waals surface area contributed by atoms with Crippen molar-refractivity contribution in [1.82, 2.24) is 4.73 Å². The molecule has 0 aliphatic heterocycles. The summed E-state index contributed by atoms with van der Waals surface area (Å²) in [7, 11) is 0. The molecule has 1 aromatic rings. The molecule has 17 heavy (non-hydrogen) atoms. The van der Waals surface area contributed by atoms with Crippen LogP contribution in [-0.4, -0.2) is 43.7 Å². The first kappa shape index (κ1) is 13.2. The van der Waals surface area contributed by atoms with E-state index in [9.17, 15) is 14.8 Å². The number of hydrogen-bond donors (Lipinski definition) is 3. The molecule has 0 aliphatic carbocycles. The summed E-state index contributed by atoms with van der Waals surface area (Å²) in [6.07, 6.45) is 0. The minimum Gasteiger partial charge on any atom is -0.476 e. The summed E-state index contributed by atoms with van der Waals surface area (Å²) in [6.45, 7) is 0. The van der Waals surface area contributed by atoms with Gasteiger partial charge in [0.2, 0.25) is 10.5 Å².